The molecule has 0 amide bonds. The standard InChI is InChI=1S/C25H22BrN3O/c26-18-12-13-20-19-8-3-5-11-23(19)29(24(20)16-18)14-6-1-7-15-30-25-21-9-2-4-10-22(21)27-17-28-25/h2-5,8-13,16-17H,1,6-7,14-15H2. The summed E-state index contributed by atoms with van der Waals surface area (Å²) in [6, 6.07) is 23.2. The van der Waals surface area contributed by atoms with Gasteiger partial charge in [-0.15, -0.1) is 0 Å². The van der Waals surface area contributed by atoms with Crippen LogP contribution in [0.2, 0.25) is 0 Å². The van der Waals surface area contributed by atoms with E-state index in [1.807, 2.05) is 24.3 Å². The maximum Gasteiger partial charge on any atom is 0.224 e. The molecule has 0 saturated heterocycles. The van der Waals surface area contributed by atoms with Crippen molar-refractivity contribution >= 4 is 48.6 Å². The molecule has 3 aromatic carbocycles. The second-order valence-electron chi connectivity index (χ2n) is 7.44. The number of para-hydroxylation sites is 2. The van der Waals surface area contributed by atoms with E-state index in [9.17, 15) is 0 Å². The molecule has 150 valence electrons. The number of rotatable bonds is 7. The lowest BCUT2D eigenvalue weighted by Crippen LogP contribution is -2.02. The monoisotopic (exact) mass is 459 g/mol. The van der Waals surface area contributed by atoms with Gasteiger partial charge in [0.05, 0.1) is 23.0 Å². The minimum atomic E-state index is 0.666. The molecule has 5 rings (SSSR count). The molecule has 0 aliphatic heterocycles. The first-order valence-corrected chi connectivity index (χ1v) is 11.1. The average Bonchev–Trinajstić information content (AvgIpc) is 3.09. The zero-order valence-corrected chi connectivity index (χ0v) is 18.2. The van der Waals surface area contributed by atoms with Crippen molar-refractivity contribution < 1.29 is 4.74 Å². The molecule has 0 atom stereocenters. The number of hydrogen-bond donors (Lipinski definition) is 0. The van der Waals surface area contributed by atoms with E-state index in [2.05, 4.69) is 72.9 Å². The van der Waals surface area contributed by atoms with E-state index in [0.717, 1.165) is 41.2 Å². The van der Waals surface area contributed by atoms with E-state index in [1.165, 1.54) is 21.8 Å². The van der Waals surface area contributed by atoms with Crippen molar-refractivity contribution in [3.8, 4) is 5.88 Å². The van der Waals surface area contributed by atoms with E-state index >= 15 is 0 Å². The summed E-state index contributed by atoms with van der Waals surface area (Å²) in [6.07, 6.45) is 4.77. The highest BCUT2D eigenvalue weighted by molar-refractivity contribution is 9.10. The van der Waals surface area contributed by atoms with Crippen LogP contribution < -0.4 is 4.74 Å². The third kappa shape index (κ3) is 3.65. The minimum Gasteiger partial charge on any atom is -0.477 e. The molecule has 2 heterocycles. The van der Waals surface area contributed by atoms with Gasteiger partial charge in [-0.25, -0.2) is 9.97 Å². The van der Waals surface area contributed by atoms with Gasteiger partial charge in [-0.2, -0.15) is 0 Å². The van der Waals surface area contributed by atoms with Gasteiger partial charge < -0.3 is 9.30 Å². The molecule has 0 aliphatic rings. The van der Waals surface area contributed by atoms with Crippen molar-refractivity contribution in [1.82, 2.24) is 14.5 Å². The fourth-order valence-corrected chi connectivity index (χ4v) is 4.43. The highest BCUT2D eigenvalue weighted by Crippen LogP contribution is 2.31. The van der Waals surface area contributed by atoms with E-state index in [-0.39, 0.29) is 0 Å². The Morgan fingerprint density at radius 2 is 1.57 bits per heavy atom. The second-order valence-corrected chi connectivity index (χ2v) is 8.35. The highest BCUT2D eigenvalue weighted by atomic mass is 79.9. The van der Waals surface area contributed by atoms with Crippen LogP contribution in [0.3, 0.4) is 0 Å². The third-order valence-electron chi connectivity index (χ3n) is 5.51. The second kappa shape index (κ2) is 8.44. The molecule has 0 radical (unpaired) electrons. The van der Waals surface area contributed by atoms with Crippen LogP contribution in [0.15, 0.2) is 77.5 Å². The number of benzene rings is 3. The van der Waals surface area contributed by atoms with Gasteiger partial charge in [-0.3, -0.25) is 0 Å². The number of ether oxygens (including phenoxy) is 1. The molecule has 5 aromatic rings. The van der Waals surface area contributed by atoms with Crippen LogP contribution in [0, 0.1) is 0 Å². The third-order valence-corrected chi connectivity index (χ3v) is 6.00. The Kier molecular flexibility index (Phi) is 5.37. The summed E-state index contributed by atoms with van der Waals surface area (Å²) < 4.78 is 9.50. The van der Waals surface area contributed by atoms with Crippen LogP contribution >= 0.6 is 15.9 Å². The van der Waals surface area contributed by atoms with Crippen LogP contribution in [0.4, 0.5) is 0 Å². The lowest BCUT2D eigenvalue weighted by atomic mass is 10.2. The van der Waals surface area contributed by atoms with Gasteiger partial charge in [-0.1, -0.05) is 52.3 Å². The number of fused-ring (bicyclic) bond motifs is 4. The van der Waals surface area contributed by atoms with E-state index in [1.54, 1.807) is 6.33 Å². The summed E-state index contributed by atoms with van der Waals surface area (Å²) in [5.41, 5.74) is 3.50. The van der Waals surface area contributed by atoms with Gasteiger partial charge in [0, 0.05) is 27.3 Å². The lowest BCUT2D eigenvalue weighted by Gasteiger charge is -2.09. The predicted molar refractivity (Wildman–Crippen MR) is 126 cm³/mol. The van der Waals surface area contributed by atoms with Crippen molar-refractivity contribution in [2.75, 3.05) is 6.61 Å². The highest BCUT2D eigenvalue weighted by Gasteiger charge is 2.10. The van der Waals surface area contributed by atoms with Crippen LogP contribution in [0.5, 0.6) is 5.88 Å². The Labute approximate surface area is 183 Å². The molecule has 0 unspecified atom stereocenters. The molecule has 0 N–H and O–H groups in total. The molecule has 0 fully saturated rings. The summed E-state index contributed by atoms with van der Waals surface area (Å²) in [5.74, 6) is 0.674. The van der Waals surface area contributed by atoms with Crippen LogP contribution in [-0.4, -0.2) is 21.1 Å². The Bertz CT molecular complexity index is 1320. The number of hydrogen-bond acceptors (Lipinski definition) is 3. The Morgan fingerprint density at radius 3 is 2.50 bits per heavy atom. The van der Waals surface area contributed by atoms with Gasteiger partial charge in [0.1, 0.15) is 6.33 Å². The normalized spacial score (nSPS) is 11.5. The Morgan fingerprint density at radius 1 is 0.767 bits per heavy atom. The molecule has 0 aliphatic carbocycles. The number of aryl methyl sites for hydroxylation is 1. The maximum absolute atomic E-state index is 5.95. The van der Waals surface area contributed by atoms with Gasteiger partial charge in [0.2, 0.25) is 5.88 Å². The first kappa shape index (κ1) is 19.1. The molecule has 2 aromatic heterocycles. The maximum atomic E-state index is 5.95. The van der Waals surface area contributed by atoms with Crippen molar-refractivity contribution in [2.45, 2.75) is 25.8 Å². The molecule has 0 spiro atoms. The fourth-order valence-electron chi connectivity index (χ4n) is 4.08. The first-order valence-electron chi connectivity index (χ1n) is 10.3. The topological polar surface area (TPSA) is 39.9 Å². The summed E-state index contributed by atoms with van der Waals surface area (Å²) in [7, 11) is 0. The van der Waals surface area contributed by atoms with Crippen LogP contribution in [0.25, 0.3) is 32.7 Å². The molecule has 5 heteroatoms. The lowest BCUT2D eigenvalue weighted by molar-refractivity contribution is 0.296. The van der Waals surface area contributed by atoms with E-state index in [4.69, 9.17) is 4.74 Å². The number of halogens is 1. The molecule has 30 heavy (non-hydrogen) atoms. The summed E-state index contributed by atoms with van der Waals surface area (Å²) in [6.45, 7) is 1.66. The zero-order chi connectivity index (χ0) is 20.3. The van der Waals surface area contributed by atoms with Crippen molar-refractivity contribution in [3.63, 3.8) is 0 Å². The van der Waals surface area contributed by atoms with E-state index < -0.39 is 0 Å². The Hall–Kier alpha value is -2.92. The van der Waals surface area contributed by atoms with Crippen molar-refractivity contribution in [2.24, 2.45) is 0 Å². The number of aromatic nitrogens is 3. The molecular formula is C25H22BrN3O. The molecule has 0 saturated carbocycles. The quantitative estimate of drug-likeness (QED) is 0.252. The molecular weight excluding hydrogens is 438 g/mol. The van der Waals surface area contributed by atoms with Crippen LogP contribution in [-0.2, 0) is 6.54 Å². The van der Waals surface area contributed by atoms with Gasteiger partial charge in [0.25, 0.3) is 0 Å². The summed E-state index contributed by atoms with van der Waals surface area (Å²) >= 11 is 3.63. The Balaban J connectivity index is 1.23. The zero-order valence-electron chi connectivity index (χ0n) is 16.6. The molecule has 4 nitrogen and oxygen atoms in total. The first-order chi connectivity index (χ1) is 14.8. The number of unbranched alkanes of at least 4 members (excludes halogenated alkanes) is 2. The van der Waals surface area contributed by atoms with E-state index in [0.29, 0.717) is 12.5 Å². The van der Waals surface area contributed by atoms with Crippen LogP contribution in [0.1, 0.15) is 19.3 Å². The van der Waals surface area contributed by atoms with Gasteiger partial charge >= 0.3 is 0 Å². The summed E-state index contributed by atoms with van der Waals surface area (Å²) in [5, 5.41) is 3.60. The fraction of sp³-hybridized carbons (Fsp3) is 0.200. The SMILES string of the molecule is Brc1ccc2c3ccccc3n(CCCCCOc3ncnc4ccccc34)c2c1. The van der Waals surface area contributed by atoms with Crippen molar-refractivity contribution in [1.29, 1.82) is 0 Å². The average molecular weight is 460 g/mol. The van der Waals surface area contributed by atoms with Gasteiger partial charge in [0.15, 0.2) is 0 Å². The van der Waals surface area contributed by atoms with Gasteiger partial charge in [-0.05, 0) is 49.6 Å². The largest absolute Gasteiger partial charge is 0.477 e. The smallest absolute Gasteiger partial charge is 0.224 e. The molecule has 0 bridgehead atoms. The summed E-state index contributed by atoms with van der Waals surface area (Å²) in [4.78, 5) is 8.59. The van der Waals surface area contributed by atoms with Crippen molar-refractivity contribution in [3.05, 3.63) is 77.5 Å². The minimum absolute atomic E-state index is 0.666. The predicted octanol–water partition coefficient (Wildman–Crippen LogP) is 6.75. The number of nitrogens with zero attached hydrogens (tertiary/aromatic N) is 3.